The van der Waals surface area contributed by atoms with Crippen LogP contribution in [0.15, 0.2) is 10.6 Å². The maximum atomic E-state index is 11.7. The number of carbonyl (C=O) groups is 2. The summed E-state index contributed by atoms with van der Waals surface area (Å²) in [7, 11) is 0. The Balaban J connectivity index is 3.06. The lowest BCUT2D eigenvalue weighted by molar-refractivity contribution is -0.149. The van der Waals surface area contributed by atoms with E-state index in [-0.39, 0.29) is 16.2 Å². The zero-order valence-corrected chi connectivity index (χ0v) is 9.22. The molecule has 1 aliphatic carbocycles. The fourth-order valence-electron chi connectivity index (χ4n) is 1.84. The maximum absolute atomic E-state index is 11.7. The Morgan fingerprint density at radius 2 is 2.14 bits per heavy atom. The summed E-state index contributed by atoms with van der Waals surface area (Å²) in [6.45, 7) is 5.88. The number of hydrogen-bond acceptors (Lipinski definition) is 3. The number of ketones is 1. The molecule has 14 heavy (non-hydrogen) atoms. The van der Waals surface area contributed by atoms with E-state index in [9.17, 15) is 9.59 Å². The van der Waals surface area contributed by atoms with Crippen LogP contribution in [0.25, 0.3) is 0 Å². The molecule has 0 bridgehead atoms. The third-order valence-corrected chi connectivity index (χ3v) is 2.96. The highest BCUT2D eigenvalue weighted by molar-refractivity contribution is 6.43. The van der Waals surface area contributed by atoms with Crippen molar-refractivity contribution in [2.45, 2.75) is 33.3 Å². The largest absolute Gasteiger partial charge is 0.456 e. The van der Waals surface area contributed by atoms with Crippen molar-refractivity contribution >= 4 is 23.9 Å². The molecule has 0 aromatic rings. The van der Waals surface area contributed by atoms with Gasteiger partial charge in [0.2, 0.25) is 5.78 Å². The van der Waals surface area contributed by atoms with Crippen molar-refractivity contribution < 1.29 is 14.3 Å². The van der Waals surface area contributed by atoms with Gasteiger partial charge >= 0.3 is 0 Å². The van der Waals surface area contributed by atoms with Gasteiger partial charge in [0.1, 0.15) is 0 Å². The molecule has 0 radical (unpaired) electrons. The average Bonchev–Trinajstić information content (AvgIpc) is 2.08. The van der Waals surface area contributed by atoms with Crippen molar-refractivity contribution in [3.8, 4) is 0 Å². The molecular weight excluding hydrogens is 204 g/mol. The highest BCUT2D eigenvalue weighted by Gasteiger charge is 2.42. The van der Waals surface area contributed by atoms with E-state index in [1.54, 1.807) is 0 Å². The Hall–Kier alpha value is -0.830. The van der Waals surface area contributed by atoms with Gasteiger partial charge < -0.3 is 4.74 Å². The van der Waals surface area contributed by atoms with E-state index in [0.717, 1.165) is 5.57 Å². The summed E-state index contributed by atoms with van der Waals surface area (Å²) in [4.78, 5) is 21.9. The fourth-order valence-corrected chi connectivity index (χ4v) is 2.00. The van der Waals surface area contributed by atoms with E-state index >= 15 is 0 Å². The molecule has 4 heteroatoms. The summed E-state index contributed by atoms with van der Waals surface area (Å²) in [5, 5.41) is 0.205. The lowest BCUT2D eigenvalue weighted by atomic mass is 9.74. The number of rotatable bonds is 2. The minimum Gasteiger partial charge on any atom is -0.456 e. The van der Waals surface area contributed by atoms with Crippen LogP contribution in [0.5, 0.6) is 0 Å². The zero-order valence-electron chi connectivity index (χ0n) is 8.46. The number of carbonyl (C=O) groups excluding carboxylic acids is 2. The van der Waals surface area contributed by atoms with Crippen molar-refractivity contribution in [1.29, 1.82) is 0 Å². The smallest absolute Gasteiger partial charge is 0.293 e. The molecule has 1 rings (SSSR count). The van der Waals surface area contributed by atoms with E-state index in [0.29, 0.717) is 12.9 Å². The monoisotopic (exact) mass is 216 g/mol. The van der Waals surface area contributed by atoms with Gasteiger partial charge in [-0.3, -0.25) is 9.59 Å². The maximum Gasteiger partial charge on any atom is 0.293 e. The summed E-state index contributed by atoms with van der Waals surface area (Å²) < 4.78 is 4.78. The third-order valence-electron chi connectivity index (χ3n) is 2.45. The molecule has 0 saturated heterocycles. The van der Waals surface area contributed by atoms with Crippen LogP contribution < -0.4 is 0 Å². The van der Waals surface area contributed by atoms with Crippen molar-refractivity contribution in [3.05, 3.63) is 10.6 Å². The van der Waals surface area contributed by atoms with Gasteiger partial charge in [0.05, 0.1) is 5.03 Å². The SMILES string of the molecule is CC1=C(Cl)C(=O)C(OC=O)C(C)(C)C1. The molecule has 1 aliphatic rings. The Morgan fingerprint density at radius 3 is 2.64 bits per heavy atom. The van der Waals surface area contributed by atoms with Crippen LogP contribution in [0.1, 0.15) is 27.2 Å². The van der Waals surface area contributed by atoms with Crippen molar-refractivity contribution in [3.63, 3.8) is 0 Å². The lowest BCUT2D eigenvalue weighted by Gasteiger charge is -2.35. The first-order valence-corrected chi connectivity index (χ1v) is 4.76. The summed E-state index contributed by atoms with van der Waals surface area (Å²) in [6, 6.07) is 0. The quantitative estimate of drug-likeness (QED) is 0.664. The predicted octanol–water partition coefficient (Wildman–Crippen LogP) is 2.04. The van der Waals surface area contributed by atoms with Gasteiger partial charge in [0.25, 0.3) is 6.47 Å². The van der Waals surface area contributed by atoms with Crippen molar-refractivity contribution in [1.82, 2.24) is 0 Å². The van der Waals surface area contributed by atoms with Gasteiger partial charge in [-0.25, -0.2) is 0 Å². The molecule has 1 unspecified atom stereocenters. The molecule has 0 heterocycles. The van der Waals surface area contributed by atoms with Gasteiger partial charge in [-0.15, -0.1) is 0 Å². The Labute approximate surface area is 88.1 Å². The number of hydrogen-bond donors (Lipinski definition) is 0. The zero-order chi connectivity index (χ0) is 10.9. The van der Waals surface area contributed by atoms with Gasteiger partial charge in [-0.2, -0.15) is 0 Å². The normalized spacial score (nSPS) is 26.3. The van der Waals surface area contributed by atoms with Crippen molar-refractivity contribution in [2.75, 3.05) is 0 Å². The van der Waals surface area contributed by atoms with Crippen molar-refractivity contribution in [2.24, 2.45) is 5.41 Å². The molecular formula is C10H13ClO3. The fraction of sp³-hybridized carbons (Fsp3) is 0.600. The Bertz CT molecular complexity index is 304. The van der Waals surface area contributed by atoms with E-state index in [1.807, 2.05) is 20.8 Å². The molecule has 78 valence electrons. The van der Waals surface area contributed by atoms with Gasteiger partial charge in [-0.1, -0.05) is 31.0 Å². The first kappa shape index (κ1) is 11.2. The molecule has 0 aliphatic heterocycles. The number of allylic oxidation sites excluding steroid dienone is 1. The van der Waals surface area contributed by atoms with Crippen LogP contribution in [0, 0.1) is 5.41 Å². The van der Waals surface area contributed by atoms with E-state index in [1.165, 1.54) is 0 Å². The highest BCUT2D eigenvalue weighted by Crippen LogP contribution is 2.39. The van der Waals surface area contributed by atoms with Crippen LogP contribution in [0.2, 0.25) is 0 Å². The highest BCUT2D eigenvalue weighted by atomic mass is 35.5. The van der Waals surface area contributed by atoms with Crippen LogP contribution >= 0.6 is 11.6 Å². The topological polar surface area (TPSA) is 43.4 Å². The Morgan fingerprint density at radius 1 is 1.57 bits per heavy atom. The average molecular weight is 217 g/mol. The standard InChI is InChI=1S/C10H13ClO3/c1-6-4-10(2,3)9(14-5-12)8(13)7(6)11/h5,9H,4H2,1-3H3. The summed E-state index contributed by atoms with van der Waals surface area (Å²) in [5.41, 5.74) is 0.480. The van der Waals surface area contributed by atoms with E-state index in [2.05, 4.69) is 0 Å². The number of Topliss-reactive ketones (excluding diaryl/α,β-unsaturated/α-hetero) is 1. The Kier molecular flexibility index (Phi) is 3.00. The van der Waals surface area contributed by atoms with E-state index in [4.69, 9.17) is 16.3 Å². The van der Waals surface area contributed by atoms with Gasteiger partial charge in [0.15, 0.2) is 6.10 Å². The second kappa shape index (κ2) is 3.73. The number of ether oxygens (including phenoxy) is 1. The molecule has 3 nitrogen and oxygen atoms in total. The van der Waals surface area contributed by atoms with Gasteiger partial charge in [0, 0.05) is 5.41 Å². The molecule has 1 atom stereocenters. The molecule has 0 N–H and O–H groups in total. The molecule has 0 amide bonds. The van der Waals surface area contributed by atoms with Crippen LogP contribution in [-0.4, -0.2) is 18.4 Å². The molecule has 0 spiro atoms. The summed E-state index contributed by atoms with van der Waals surface area (Å²) in [6.07, 6.45) is -0.0907. The van der Waals surface area contributed by atoms with Crippen LogP contribution in [0.3, 0.4) is 0 Å². The predicted molar refractivity (Wildman–Crippen MR) is 52.9 cm³/mol. The summed E-state index contributed by atoms with van der Waals surface area (Å²) >= 11 is 5.81. The first-order chi connectivity index (χ1) is 6.40. The van der Waals surface area contributed by atoms with Crippen LogP contribution in [0.4, 0.5) is 0 Å². The molecule has 0 aromatic heterocycles. The molecule has 0 saturated carbocycles. The second-order valence-electron chi connectivity index (χ2n) is 4.24. The van der Waals surface area contributed by atoms with E-state index < -0.39 is 6.10 Å². The van der Waals surface area contributed by atoms with Crippen LogP contribution in [-0.2, 0) is 14.3 Å². The lowest BCUT2D eigenvalue weighted by Crippen LogP contribution is -2.42. The molecule has 0 fully saturated rings. The first-order valence-electron chi connectivity index (χ1n) is 4.38. The minimum atomic E-state index is -0.754. The van der Waals surface area contributed by atoms with Gasteiger partial charge in [-0.05, 0) is 13.3 Å². The third kappa shape index (κ3) is 1.82. The molecule has 0 aromatic carbocycles. The summed E-state index contributed by atoms with van der Waals surface area (Å²) in [5.74, 6) is -0.299. The minimum absolute atomic E-state index is 0.205. The number of halogens is 1. The second-order valence-corrected chi connectivity index (χ2v) is 4.61.